The molecule has 0 aliphatic carbocycles. The number of rotatable bonds is 2. The normalized spacial score (nSPS) is 11.2. The molecule has 1 amide bonds. The Bertz CT molecular complexity index is 664. The van der Waals surface area contributed by atoms with Gasteiger partial charge in [0.25, 0.3) is 0 Å². The Kier molecular flexibility index (Phi) is 4.39. The van der Waals surface area contributed by atoms with Crippen molar-refractivity contribution in [2.45, 2.75) is 26.4 Å². The summed E-state index contributed by atoms with van der Waals surface area (Å²) in [6, 6.07) is 5.17. The molecule has 0 atom stereocenters. The van der Waals surface area contributed by atoms with Crippen LogP contribution < -0.4 is 11.1 Å². The molecule has 2 aromatic rings. The first-order valence-corrected chi connectivity index (χ1v) is 7.51. The van der Waals surface area contributed by atoms with Gasteiger partial charge in [-0.25, -0.2) is 9.78 Å². The number of benzene rings is 1. The first-order chi connectivity index (χ1) is 9.74. The molecule has 0 unspecified atom stereocenters. The summed E-state index contributed by atoms with van der Waals surface area (Å²) in [7, 11) is 0. The van der Waals surface area contributed by atoms with Crippen molar-refractivity contribution in [1.29, 1.82) is 0 Å². The summed E-state index contributed by atoms with van der Waals surface area (Å²) >= 11 is 7.57. The van der Waals surface area contributed by atoms with Crippen LogP contribution in [0.3, 0.4) is 0 Å². The molecule has 0 bridgehead atoms. The number of nitrogen functional groups attached to an aromatic ring is 1. The Labute approximate surface area is 132 Å². The molecule has 0 fully saturated rings. The van der Waals surface area contributed by atoms with E-state index in [0.29, 0.717) is 21.5 Å². The quantitative estimate of drug-likeness (QED) is 0.858. The van der Waals surface area contributed by atoms with Crippen molar-refractivity contribution in [2.75, 3.05) is 11.1 Å². The minimum atomic E-state index is -0.550. The summed E-state index contributed by atoms with van der Waals surface area (Å²) in [5.41, 5.74) is 7.10. The molecular formula is C14H16ClN3O2S. The highest BCUT2D eigenvalue weighted by Crippen LogP contribution is 2.31. The average molecular weight is 326 g/mol. The van der Waals surface area contributed by atoms with Gasteiger partial charge in [-0.3, -0.25) is 5.32 Å². The zero-order valence-electron chi connectivity index (χ0n) is 11.9. The number of hydrogen-bond acceptors (Lipinski definition) is 5. The van der Waals surface area contributed by atoms with Gasteiger partial charge in [-0.05, 0) is 39.0 Å². The summed E-state index contributed by atoms with van der Waals surface area (Å²) in [5.74, 6) is 0. The van der Waals surface area contributed by atoms with E-state index in [2.05, 4.69) is 10.3 Å². The molecule has 1 heterocycles. The molecule has 0 spiro atoms. The van der Waals surface area contributed by atoms with Crippen molar-refractivity contribution in [3.8, 4) is 11.3 Å². The van der Waals surface area contributed by atoms with Crippen LogP contribution in [0, 0.1) is 0 Å². The Morgan fingerprint density at radius 1 is 1.43 bits per heavy atom. The highest BCUT2D eigenvalue weighted by Gasteiger charge is 2.16. The molecule has 0 saturated carbocycles. The molecule has 21 heavy (non-hydrogen) atoms. The number of hydrogen-bond donors (Lipinski definition) is 2. The van der Waals surface area contributed by atoms with Crippen LogP contribution in [0.5, 0.6) is 0 Å². The molecule has 2 rings (SSSR count). The van der Waals surface area contributed by atoms with E-state index in [1.165, 1.54) is 11.3 Å². The van der Waals surface area contributed by atoms with E-state index in [1.807, 2.05) is 5.38 Å². The molecule has 1 aromatic heterocycles. The second-order valence-electron chi connectivity index (χ2n) is 5.39. The number of halogens is 1. The zero-order chi connectivity index (χ0) is 15.6. The van der Waals surface area contributed by atoms with E-state index in [0.717, 1.165) is 5.56 Å². The fourth-order valence-electron chi connectivity index (χ4n) is 1.63. The number of aromatic nitrogens is 1. The lowest BCUT2D eigenvalue weighted by Gasteiger charge is -2.19. The third-order valence-electron chi connectivity index (χ3n) is 2.41. The standard InChI is InChI=1S/C14H16ClN3O2S/c1-14(2,3)20-13(19)17-8-4-5-9(10(15)6-8)11-7-21-12(16)18-11/h4-7H,1-3H3,(H2,16,18)(H,17,19). The van der Waals surface area contributed by atoms with Gasteiger partial charge in [0.2, 0.25) is 0 Å². The second kappa shape index (κ2) is 5.91. The van der Waals surface area contributed by atoms with Gasteiger partial charge in [-0.2, -0.15) is 0 Å². The van der Waals surface area contributed by atoms with E-state index in [-0.39, 0.29) is 0 Å². The van der Waals surface area contributed by atoms with Gasteiger partial charge in [0, 0.05) is 16.6 Å². The Morgan fingerprint density at radius 2 is 2.14 bits per heavy atom. The summed E-state index contributed by atoms with van der Waals surface area (Å²) in [6.07, 6.45) is -0.524. The number of ether oxygens (including phenoxy) is 1. The number of carbonyl (C=O) groups is 1. The average Bonchev–Trinajstić information content (AvgIpc) is 2.73. The molecular weight excluding hydrogens is 310 g/mol. The molecule has 0 radical (unpaired) electrons. The lowest BCUT2D eigenvalue weighted by molar-refractivity contribution is 0.0636. The van der Waals surface area contributed by atoms with Crippen LogP contribution in [-0.2, 0) is 4.74 Å². The maximum atomic E-state index is 11.7. The fraction of sp³-hybridized carbons (Fsp3) is 0.286. The van der Waals surface area contributed by atoms with E-state index in [4.69, 9.17) is 22.1 Å². The molecule has 1 aromatic carbocycles. The van der Waals surface area contributed by atoms with E-state index in [1.54, 1.807) is 39.0 Å². The Hall–Kier alpha value is -1.79. The van der Waals surface area contributed by atoms with Crippen molar-refractivity contribution in [3.05, 3.63) is 28.6 Å². The number of anilines is 2. The number of nitrogens with two attached hydrogens (primary N) is 1. The summed E-state index contributed by atoms with van der Waals surface area (Å²) in [4.78, 5) is 15.9. The summed E-state index contributed by atoms with van der Waals surface area (Å²) in [6.45, 7) is 5.40. The second-order valence-corrected chi connectivity index (χ2v) is 6.69. The fourth-order valence-corrected chi connectivity index (χ4v) is 2.47. The smallest absolute Gasteiger partial charge is 0.412 e. The van der Waals surface area contributed by atoms with Crippen LogP contribution in [0.1, 0.15) is 20.8 Å². The van der Waals surface area contributed by atoms with Crippen LogP contribution in [0.15, 0.2) is 23.6 Å². The lowest BCUT2D eigenvalue weighted by Crippen LogP contribution is -2.27. The lowest BCUT2D eigenvalue weighted by atomic mass is 10.1. The van der Waals surface area contributed by atoms with Crippen molar-refractivity contribution >= 4 is 39.8 Å². The minimum Gasteiger partial charge on any atom is -0.444 e. The highest BCUT2D eigenvalue weighted by atomic mass is 35.5. The molecule has 3 N–H and O–H groups in total. The number of amides is 1. The maximum absolute atomic E-state index is 11.7. The van der Waals surface area contributed by atoms with Crippen molar-refractivity contribution in [1.82, 2.24) is 4.98 Å². The summed E-state index contributed by atoms with van der Waals surface area (Å²) in [5, 5.41) is 5.43. The minimum absolute atomic E-state index is 0.480. The van der Waals surface area contributed by atoms with Crippen LogP contribution in [0.4, 0.5) is 15.6 Å². The van der Waals surface area contributed by atoms with Crippen molar-refractivity contribution < 1.29 is 9.53 Å². The number of nitrogens with one attached hydrogen (secondary N) is 1. The highest BCUT2D eigenvalue weighted by molar-refractivity contribution is 7.13. The predicted octanol–water partition coefficient (Wildman–Crippen LogP) is 4.39. The van der Waals surface area contributed by atoms with E-state index < -0.39 is 11.7 Å². The Balaban J connectivity index is 2.14. The molecule has 5 nitrogen and oxygen atoms in total. The third kappa shape index (κ3) is 4.34. The third-order valence-corrected chi connectivity index (χ3v) is 3.40. The van der Waals surface area contributed by atoms with Crippen molar-refractivity contribution in [2.24, 2.45) is 0 Å². The van der Waals surface area contributed by atoms with Gasteiger partial charge >= 0.3 is 6.09 Å². The molecule has 0 aliphatic heterocycles. The first kappa shape index (κ1) is 15.6. The van der Waals surface area contributed by atoms with Crippen LogP contribution in [0.2, 0.25) is 5.02 Å². The molecule has 112 valence electrons. The molecule has 0 saturated heterocycles. The SMILES string of the molecule is CC(C)(C)OC(=O)Nc1ccc(-c2csc(N)n2)c(Cl)c1. The number of thiazole rings is 1. The predicted molar refractivity (Wildman–Crippen MR) is 86.8 cm³/mol. The number of nitrogens with zero attached hydrogens (tertiary/aromatic N) is 1. The van der Waals surface area contributed by atoms with Gasteiger partial charge < -0.3 is 10.5 Å². The van der Waals surface area contributed by atoms with Crippen LogP contribution >= 0.6 is 22.9 Å². The van der Waals surface area contributed by atoms with Crippen LogP contribution in [0.25, 0.3) is 11.3 Å². The molecule has 0 aliphatic rings. The maximum Gasteiger partial charge on any atom is 0.412 e. The van der Waals surface area contributed by atoms with E-state index in [9.17, 15) is 4.79 Å². The van der Waals surface area contributed by atoms with Gasteiger partial charge in [-0.1, -0.05) is 11.6 Å². The largest absolute Gasteiger partial charge is 0.444 e. The number of carbonyl (C=O) groups excluding carboxylic acids is 1. The van der Waals surface area contributed by atoms with Gasteiger partial charge in [-0.15, -0.1) is 11.3 Å². The first-order valence-electron chi connectivity index (χ1n) is 6.25. The Morgan fingerprint density at radius 3 is 2.67 bits per heavy atom. The van der Waals surface area contributed by atoms with Gasteiger partial charge in [0.15, 0.2) is 5.13 Å². The van der Waals surface area contributed by atoms with Crippen molar-refractivity contribution in [3.63, 3.8) is 0 Å². The zero-order valence-corrected chi connectivity index (χ0v) is 13.5. The van der Waals surface area contributed by atoms with E-state index >= 15 is 0 Å². The molecule has 7 heteroatoms. The van der Waals surface area contributed by atoms with Crippen LogP contribution in [-0.4, -0.2) is 16.7 Å². The van der Waals surface area contributed by atoms with Gasteiger partial charge in [0.1, 0.15) is 5.60 Å². The summed E-state index contributed by atoms with van der Waals surface area (Å²) < 4.78 is 5.18. The van der Waals surface area contributed by atoms with Gasteiger partial charge in [0.05, 0.1) is 10.7 Å². The monoisotopic (exact) mass is 325 g/mol. The topological polar surface area (TPSA) is 77.2 Å².